The van der Waals surface area contributed by atoms with Crippen molar-refractivity contribution in [3.8, 4) is 0 Å². The molecule has 0 saturated carbocycles. The van der Waals surface area contributed by atoms with Gasteiger partial charge >= 0.3 is 0 Å². The Morgan fingerprint density at radius 2 is 1.73 bits per heavy atom. The fraction of sp³-hybridized carbons (Fsp3) is 0.233. The highest BCUT2D eigenvalue weighted by molar-refractivity contribution is 5.86. The standard InChI is InChI=1S/C30H30N4O3/c35-30(33-18-16-32(17-19-33)15-7-10-23-8-2-1-3-9-23)21-27(24-11-6-12-25(20-24)34(36)37)28-22-31-29-14-5-4-13-26(28)29/h1-14,20,22,27,31H,15-19,21H2/b10-7+. The number of piperazine rings is 1. The monoisotopic (exact) mass is 494 g/mol. The lowest BCUT2D eigenvalue weighted by Crippen LogP contribution is -2.48. The Bertz CT molecular complexity index is 1400. The number of carbonyl (C=O) groups excluding carboxylic acids is 1. The summed E-state index contributed by atoms with van der Waals surface area (Å²) in [4.78, 5) is 32.1. The van der Waals surface area contributed by atoms with Crippen molar-refractivity contribution in [2.45, 2.75) is 12.3 Å². The van der Waals surface area contributed by atoms with Gasteiger partial charge in [-0.05, 0) is 22.8 Å². The molecule has 7 nitrogen and oxygen atoms in total. The third kappa shape index (κ3) is 5.78. The van der Waals surface area contributed by atoms with E-state index in [1.54, 1.807) is 12.1 Å². The summed E-state index contributed by atoms with van der Waals surface area (Å²) < 4.78 is 0. The lowest BCUT2D eigenvalue weighted by Gasteiger charge is -2.35. The van der Waals surface area contributed by atoms with Gasteiger partial charge in [-0.2, -0.15) is 0 Å². The van der Waals surface area contributed by atoms with Crippen molar-refractivity contribution >= 4 is 28.6 Å². The van der Waals surface area contributed by atoms with Gasteiger partial charge in [0.2, 0.25) is 5.91 Å². The number of fused-ring (bicyclic) bond motifs is 1. The van der Waals surface area contributed by atoms with Crippen LogP contribution in [0, 0.1) is 10.1 Å². The molecule has 1 aliphatic heterocycles. The van der Waals surface area contributed by atoms with Gasteiger partial charge in [0.15, 0.2) is 0 Å². The highest BCUT2D eigenvalue weighted by Crippen LogP contribution is 2.35. The molecule has 1 aliphatic rings. The molecule has 1 amide bonds. The van der Waals surface area contributed by atoms with Gasteiger partial charge < -0.3 is 9.88 Å². The van der Waals surface area contributed by atoms with Gasteiger partial charge in [0.25, 0.3) is 5.69 Å². The number of carbonyl (C=O) groups is 1. The molecule has 0 bridgehead atoms. The fourth-order valence-corrected chi connectivity index (χ4v) is 5.03. The molecule has 3 aromatic carbocycles. The molecular weight excluding hydrogens is 464 g/mol. The molecule has 1 aromatic heterocycles. The number of para-hydroxylation sites is 1. The Hall–Kier alpha value is -4.23. The van der Waals surface area contributed by atoms with Crippen LogP contribution in [0.3, 0.4) is 0 Å². The van der Waals surface area contributed by atoms with Gasteiger partial charge in [-0.25, -0.2) is 0 Å². The third-order valence-electron chi connectivity index (χ3n) is 7.06. The van der Waals surface area contributed by atoms with Crippen molar-refractivity contribution in [2.75, 3.05) is 32.7 Å². The first kappa shape index (κ1) is 24.5. The van der Waals surface area contributed by atoms with Gasteiger partial charge in [-0.3, -0.25) is 19.8 Å². The Morgan fingerprint density at radius 3 is 2.51 bits per heavy atom. The molecule has 1 N–H and O–H groups in total. The lowest BCUT2D eigenvalue weighted by molar-refractivity contribution is -0.384. The number of aromatic amines is 1. The first-order valence-electron chi connectivity index (χ1n) is 12.6. The first-order chi connectivity index (χ1) is 18.1. The van der Waals surface area contributed by atoms with E-state index in [4.69, 9.17) is 0 Å². The van der Waals surface area contributed by atoms with E-state index >= 15 is 0 Å². The Morgan fingerprint density at radius 1 is 0.973 bits per heavy atom. The SMILES string of the molecule is O=C(CC(c1cccc([N+](=O)[O-])c1)c1c[nH]c2ccccc12)N1CCN(C/C=C/c2ccccc2)CC1. The van der Waals surface area contributed by atoms with Crippen molar-refractivity contribution in [3.05, 3.63) is 118 Å². The summed E-state index contributed by atoms with van der Waals surface area (Å²) in [6.07, 6.45) is 6.49. The molecule has 5 rings (SSSR count). The van der Waals surface area contributed by atoms with E-state index in [1.165, 1.54) is 11.6 Å². The normalized spacial score (nSPS) is 15.3. The fourth-order valence-electron chi connectivity index (χ4n) is 5.03. The summed E-state index contributed by atoms with van der Waals surface area (Å²) in [6, 6.07) is 24.8. The molecule has 4 aromatic rings. The maximum Gasteiger partial charge on any atom is 0.269 e. The minimum Gasteiger partial charge on any atom is -0.361 e. The number of amides is 1. The minimum atomic E-state index is -0.386. The first-order valence-corrected chi connectivity index (χ1v) is 12.6. The molecule has 2 heterocycles. The number of aromatic nitrogens is 1. The van der Waals surface area contributed by atoms with E-state index in [9.17, 15) is 14.9 Å². The molecule has 1 fully saturated rings. The predicted octanol–water partition coefficient (Wildman–Crippen LogP) is 5.46. The van der Waals surface area contributed by atoms with Crippen LogP contribution in [0.25, 0.3) is 17.0 Å². The largest absolute Gasteiger partial charge is 0.361 e. The van der Waals surface area contributed by atoms with Crippen molar-refractivity contribution in [2.24, 2.45) is 0 Å². The van der Waals surface area contributed by atoms with Gasteiger partial charge in [-0.1, -0.05) is 72.8 Å². The number of non-ortho nitro benzene ring substituents is 1. The number of rotatable bonds is 8. The Labute approximate surface area is 216 Å². The number of nitro benzene ring substituents is 1. The molecular formula is C30H30N4O3. The van der Waals surface area contributed by atoms with Crippen LogP contribution in [-0.2, 0) is 4.79 Å². The zero-order valence-corrected chi connectivity index (χ0v) is 20.6. The van der Waals surface area contributed by atoms with Gasteiger partial charge in [0.1, 0.15) is 0 Å². The molecule has 1 atom stereocenters. The van der Waals surface area contributed by atoms with E-state index in [1.807, 2.05) is 59.6 Å². The van der Waals surface area contributed by atoms with Crippen LogP contribution in [0.15, 0.2) is 91.1 Å². The molecule has 0 spiro atoms. The van der Waals surface area contributed by atoms with Crippen LogP contribution in [0.4, 0.5) is 5.69 Å². The Kier molecular flexibility index (Phi) is 7.42. The number of hydrogen-bond donors (Lipinski definition) is 1. The number of nitro groups is 1. The molecule has 188 valence electrons. The van der Waals surface area contributed by atoms with Crippen LogP contribution in [-0.4, -0.2) is 58.3 Å². The summed E-state index contributed by atoms with van der Waals surface area (Å²) in [5, 5.41) is 12.5. The number of nitrogens with one attached hydrogen (secondary N) is 1. The highest BCUT2D eigenvalue weighted by Gasteiger charge is 2.27. The zero-order chi connectivity index (χ0) is 25.6. The molecule has 0 aliphatic carbocycles. The maximum absolute atomic E-state index is 13.5. The maximum atomic E-state index is 13.5. The zero-order valence-electron chi connectivity index (χ0n) is 20.6. The summed E-state index contributed by atoms with van der Waals surface area (Å²) in [6.45, 7) is 3.84. The van der Waals surface area contributed by atoms with Crippen LogP contribution < -0.4 is 0 Å². The van der Waals surface area contributed by atoms with Crippen molar-refractivity contribution in [3.63, 3.8) is 0 Å². The molecule has 0 radical (unpaired) electrons. The van der Waals surface area contributed by atoms with E-state index < -0.39 is 0 Å². The smallest absolute Gasteiger partial charge is 0.269 e. The predicted molar refractivity (Wildman–Crippen MR) is 146 cm³/mol. The van der Waals surface area contributed by atoms with Crippen LogP contribution in [0.1, 0.15) is 29.0 Å². The average Bonchev–Trinajstić information content (AvgIpc) is 3.36. The van der Waals surface area contributed by atoms with Crippen molar-refractivity contribution in [1.29, 1.82) is 0 Å². The average molecular weight is 495 g/mol. The second-order valence-corrected chi connectivity index (χ2v) is 9.39. The summed E-state index contributed by atoms with van der Waals surface area (Å²) in [7, 11) is 0. The van der Waals surface area contributed by atoms with Crippen LogP contribution in [0.2, 0.25) is 0 Å². The minimum absolute atomic E-state index is 0.0342. The van der Waals surface area contributed by atoms with Gasteiger partial charge in [0, 0.05) is 74.3 Å². The summed E-state index contributed by atoms with van der Waals surface area (Å²) in [5.41, 5.74) is 3.96. The molecule has 1 unspecified atom stereocenters. The topological polar surface area (TPSA) is 82.5 Å². The van der Waals surface area contributed by atoms with E-state index in [0.717, 1.165) is 41.7 Å². The van der Waals surface area contributed by atoms with Crippen LogP contribution >= 0.6 is 0 Å². The summed E-state index contributed by atoms with van der Waals surface area (Å²) in [5.74, 6) is -0.211. The van der Waals surface area contributed by atoms with Crippen molar-refractivity contribution < 1.29 is 9.72 Å². The number of H-pyrrole nitrogens is 1. The quantitative estimate of drug-likeness (QED) is 0.261. The third-order valence-corrected chi connectivity index (χ3v) is 7.06. The number of hydrogen-bond acceptors (Lipinski definition) is 4. The number of benzene rings is 3. The van der Waals surface area contributed by atoms with Crippen LogP contribution in [0.5, 0.6) is 0 Å². The van der Waals surface area contributed by atoms with E-state index in [0.29, 0.717) is 13.1 Å². The second-order valence-electron chi connectivity index (χ2n) is 9.39. The highest BCUT2D eigenvalue weighted by atomic mass is 16.6. The molecule has 37 heavy (non-hydrogen) atoms. The van der Waals surface area contributed by atoms with E-state index in [-0.39, 0.29) is 28.9 Å². The van der Waals surface area contributed by atoms with Crippen molar-refractivity contribution in [1.82, 2.24) is 14.8 Å². The Balaban J connectivity index is 1.29. The van der Waals surface area contributed by atoms with E-state index in [2.05, 4.69) is 34.2 Å². The molecule has 7 heteroatoms. The van der Waals surface area contributed by atoms with Gasteiger partial charge in [-0.15, -0.1) is 0 Å². The lowest BCUT2D eigenvalue weighted by atomic mass is 9.87. The van der Waals surface area contributed by atoms with Gasteiger partial charge in [0.05, 0.1) is 4.92 Å². The summed E-state index contributed by atoms with van der Waals surface area (Å²) >= 11 is 0. The number of nitrogens with zero attached hydrogens (tertiary/aromatic N) is 3. The molecule has 1 saturated heterocycles. The second kappa shape index (κ2) is 11.2.